The van der Waals surface area contributed by atoms with Crippen LogP contribution in [0.3, 0.4) is 0 Å². The van der Waals surface area contributed by atoms with E-state index in [2.05, 4.69) is 6.07 Å². The molecule has 1 atom stereocenters. The summed E-state index contributed by atoms with van der Waals surface area (Å²) >= 11 is 0. The van der Waals surface area contributed by atoms with E-state index in [1.807, 2.05) is 0 Å². The molecule has 1 saturated heterocycles. The first-order valence-electron chi connectivity index (χ1n) is 5.46. The Morgan fingerprint density at radius 1 is 1.36 bits per heavy atom. The van der Waals surface area contributed by atoms with Crippen molar-refractivity contribution in [3.63, 3.8) is 0 Å². The molecule has 0 aromatic heterocycles. The van der Waals surface area contributed by atoms with Crippen LogP contribution in [0.15, 0.2) is 0 Å². The number of nitrogens with zero attached hydrogens (tertiary/aromatic N) is 1. The summed E-state index contributed by atoms with van der Waals surface area (Å²) in [5, 5.41) is 8.32. The molecule has 1 aliphatic heterocycles. The molecule has 0 bridgehead atoms. The lowest BCUT2D eigenvalue weighted by Gasteiger charge is -2.07. The number of nitriles is 1. The van der Waals surface area contributed by atoms with Crippen molar-refractivity contribution in [3.8, 4) is 6.07 Å². The molecule has 0 saturated carbocycles. The second-order valence-corrected chi connectivity index (χ2v) is 3.77. The van der Waals surface area contributed by atoms with E-state index in [4.69, 9.17) is 14.7 Å². The summed E-state index contributed by atoms with van der Waals surface area (Å²) in [5.74, 6) is 0.620. The maximum absolute atomic E-state index is 8.32. The van der Waals surface area contributed by atoms with Gasteiger partial charge in [-0.25, -0.2) is 0 Å². The summed E-state index contributed by atoms with van der Waals surface area (Å²) in [5.41, 5.74) is 0. The second kappa shape index (κ2) is 7.78. The van der Waals surface area contributed by atoms with Gasteiger partial charge in [-0.3, -0.25) is 0 Å². The Morgan fingerprint density at radius 2 is 2.29 bits per heavy atom. The maximum atomic E-state index is 8.32. The van der Waals surface area contributed by atoms with E-state index in [9.17, 15) is 0 Å². The predicted molar refractivity (Wildman–Crippen MR) is 53.8 cm³/mol. The van der Waals surface area contributed by atoms with Crippen molar-refractivity contribution in [1.29, 1.82) is 5.26 Å². The Kier molecular flexibility index (Phi) is 6.38. The summed E-state index contributed by atoms with van der Waals surface area (Å²) in [6.45, 7) is 3.45. The molecule has 1 rings (SSSR count). The summed E-state index contributed by atoms with van der Waals surface area (Å²) in [6, 6.07) is 2.15. The first-order chi connectivity index (χ1) is 6.93. The van der Waals surface area contributed by atoms with Crippen molar-refractivity contribution in [2.75, 3.05) is 26.4 Å². The SMILES string of the molecule is N#CCCCCCOCC1CCOC1. The van der Waals surface area contributed by atoms with Crippen LogP contribution in [-0.4, -0.2) is 26.4 Å². The van der Waals surface area contributed by atoms with E-state index in [1.165, 1.54) is 0 Å². The van der Waals surface area contributed by atoms with Crippen LogP contribution in [0.5, 0.6) is 0 Å². The van der Waals surface area contributed by atoms with Crippen molar-refractivity contribution >= 4 is 0 Å². The van der Waals surface area contributed by atoms with Gasteiger partial charge in [0.15, 0.2) is 0 Å². The smallest absolute Gasteiger partial charge is 0.0621 e. The van der Waals surface area contributed by atoms with Gasteiger partial charge >= 0.3 is 0 Å². The van der Waals surface area contributed by atoms with Crippen LogP contribution in [0.2, 0.25) is 0 Å². The Morgan fingerprint density at radius 3 is 3.00 bits per heavy atom. The van der Waals surface area contributed by atoms with Crippen molar-refractivity contribution in [1.82, 2.24) is 0 Å². The minimum Gasteiger partial charge on any atom is -0.381 e. The predicted octanol–water partition coefficient (Wildman–Crippen LogP) is 2.12. The Bertz CT molecular complexity index is 171. The molecular formula is C11H19NO2. The molecule has 0 aromatic carbocycles. The molecule has 0 radical (unpaired) electrons. The third kappa shape index (κ3) is 5.21. The lowest BCUT2D eigenvalue weighted by atomic mass is 10.1. The molecule has 0 spiro atoms. The summed E-state index contributed by atoms with van der Waals surface area (Å²) in [4.78, 5) is 0. The largest absolute Gasteiger partial charge is 0.381 e. The molecule has 1 aliphatic rings. The average molecular weight is 197 g/mol. The van der Waals surface area contributed by atoms with E-state index < -0.39 is 0 Å². The third-order valence-electron chi connectivity index (χ3n) is 2.45. The van der Waals surface area contributed by atoms with Gasteiger partial charge in [-0.15, -0.1) is 0 Å². The lowest BCUT2D eigenvalue weighted by Crippen LogP contribution is -2.09. The zero-order valence-corrected chi connectivity index (χ0v) is 8.71. The van der Waals surface area contributed by atoms with Crippen molar-refractivity contribution in [3.05, 3.63) is 0 Å². The first kappa shape index (κ1) is 11.5. The van der Waals surface area contributed by atoms with E-state index in [1.54, 1.807) is 0 Å². The van der Waals surface area contributed by atoms with Crippen molar-refractivity contribution in [2.24, 2.45) is 5.92 Å². The zero-order valence-electron chi connectivity index (χ0n) is 8.71. The summed E-state index contributed by atoms with van der Waals surface area (Å²) in [7, 11) is 0. The minimum atomic E-state index is 0.620. The van der Waals surface area contributed by atoms with Gasteiger partial charge in [0.2, 0.25) is 0 Å². The van der Waals surface area contributed by atoms with Gasteiger partial charge < -0.3 is 9.47 Å². The van der Waals surface area contributed by atoms with Gasteiger partial charge in [-0.05, 0) is 19.3 Å². The summed E-state index contributed by atoms with van der Waals surface area (Å²) < 4.78 is 10.8. The topological polar surface area (TPSA) is 42.2 Å². The molecule has 0 N–H and O–H groups in total. The molecule has 0 aromatic rings. The monoisotopic (exact) mass is 197 g/mol. The van der Waals surface area contributed by atoms with Crippen molar-refractivity contribution in [2.45, 2.75) is 32.1 Å². The van der Waals surface area contributed by atoms with Gasteiger partial charge in [0.25, 0.3) is 0 Å². The van der Waals surface area contributed by atoms with Crippen LogP contribution in [0.25, 0.3) is 0 Å². The van der Waals surface area contributed by atoms with Gasteiger partial charge in [0.05, 0.1) is 19.3 Å². The Labute approximate surface area is 86.0 Å². The standard InChI is InChI=1S/C11H19NO2/c12-6-3-1-2-4-7-13-9-11-5-8-14-10-11/h11H,1-5,7-10H2. The fourth-order valence-electron chi connectivity index (χ4n) is 1.55. The Balaban J connectivity index is 1.78. The fourth-order valence-corrected chi connectivity index (χ4v) is 1.55. The second-order valence-electron chi connectivity index (χ2n) is 3.77. The fraction of sp³-hybridized carbons (Fsp3) is 0.909. The molecule has 3 nitrogen and oxygen atoms in total. The molecule has 0 aliphatic carbocycles. The van der Waals surface area contributed by atoms with Gasteiger partial charge in [-0.2, -0.15) is 5.26 Å². The normalized spacial score (nSPS) is 20.9. The van der Waals surface area contributed by atoms with E-state index in [0.29, 0.717) is 12.3 Å². The molecule has 3 heteroatoms. The number of hydrogen-bond donors (Lipinski definition) is 0. The van der Waals surface area contributed by atoms with Crippen LogP contribution in [0.1, 0.15) is 32.1 Å². The van der Waals surface area contributed by atoms with Gasteiger partial charge in [-0.1, -0.05) is 6.42 Å². The molecule has 1 unspecified atom stereocenters. The molecular weight excluding hydrogens is 178 g/mol. The average Bonchev–Trinajstić information content (AvgIpc) is 2.69. The number of rotatable bonds is 7. The highest BCUT2D eigenvalue weighted by Gasteiger charge is 2.14. The van der Waals surface area contributed by atoms with Gasteiger partial charge in [0.1, 0.15) is 0 Å². The molecule has 80 valence electrons. The molecule has 0 amide bonds. The quantitative estimate of drug-likeness (QED) is 0.587. The highest BCUT2D eigenvalue weighted by molar-refractivity contribution is 4.67. The van der Waals surface area contributed by atoms with Crippen LogP contribution < -0.4 is 0 Å². The van der Waals surface area contributed by atoms with Gasteiger partial charge in [0, 0.05) is 25.6 Å². The maximum Gasteiger partial charge on any atom is 0.0621 e. The van der Waals surface area contributed by atoms with Crippen LogP contribution >= 0.6 is 0 Å². The van der Waals surface area contributed by atoms with E-state index >= 15 is 0 Å². The summed E-state index contributed by atoms with van der Waals surface area (Å²) in [6.07, 6.45) is 5.02. The van der Waals surface area contributed by atoms with Crippen molar-refractivity contribution < 1.29 is 9.47 Å². The molecule has 14 heavy (non-hydrogen) atoms. The molecule has 1 fully saturated rings. The van der Waals surface area contributed by atoms with Crippen LogP contribution in [0.4, 0.5) is 0 Å². The minimum absolute atomic E-state index is 0.620. The highest BCUT2D eigenvalue weighted by Crippen LogP contribution is 2.12. The van der Waals surface area contributed by atoms with E-state index in [0.717, 1.165) is 52.1 Å². The third-order valence-corrected chi connectivity index (χ3v) is 2.45. The Hall–Kier alpha value is -0.590. The first-order valence-corrected chi connectivity index (χ1v) is 5.46. The zero-order chi connectivity index (χ0) is 10.1. The highest BCUT2D eigenvalue weighted by atomic mass is 16.5. The number of hydrogen-bond acceptors (Lipinski definition) is 3. The van der Waals surface area contributed by atoms with Crippen LogP contribution in [-0.2, 0) is 9.47 Å². The lowest BCUT2D eigenvalue weighted by molar-refractivity contribution is 0.0872. The van der Waals surface area contributed by atoms with E-state index in [-0.39, 0.29) is 0 Å². The number of unbranched alkanes of at least 4 members (excludes halogenated alkanes) is 3. The van der Waals surface area contributed by atoms with Crippen LogP contribution in [0, 0.1) is 17.2 Å². The number of ether oxygens (including phenoxy) is 2. The molecule has 1 heterocycles.